The van der Waals surface area contributed by atoms with E-state index in [0.717, 1.165) is 98.6 Å². The van der Waals surface area contributed by atoms with E-state index in [0.29, 0.717) is 6.04 Å². The van der Waals surface area contributed by atoms with Gasteiger partial charge in [-0.05, 0) is 43.5 Å². The van der Waals surface area contributed by atoms with E-state index < -0.39 is 0 Å². The van der Waals surface area contributed by atoms with Crippen LogP contribution >= 0.6 is 0 Å². The first-order valence-electron chi connectivity index (χ1n) is 11.4. The van der Waals surface area contributed by atoms with E-state index in [-0.39, 0.29) is 0 Å². The van der Waals surface area contributed by atoms with E-state index in [1.54, 1.807) is 0 Å². The summed E-state index contributed by atoms with van der Waals surface area (Å²) in [5.74, 6) is 0.797. The molecular weight excluding hydrogens is 404 g/mol. The number of hydrogen-bond donors (Lipinski definition) is 2. The molecule has 8 heteroatoms. The van der Waals surface area contributed by atoms with Crippen molar-refractivity contribution in [3.8, 4) is 22.6 Å². The molecule has 0 spiro atoms. The summed E-state index contributed by atoms with van der Waals surface area (Å²) in [4.78, 5) is 19.6. The first-order chi connectivity index (χ1) is 15.8. The van der Waals surface area contributed by atoms with Crippen molar-refractivity contribution in [3.63, 3.8) is 0 Å². The van der Waals surface area contributed by atoms with Crippen LogP contribution in [-0.2, 0) is 16.0 Å². The lowest BCUT2D eigenvalue weighted by Gasteiger charge is -2.28. The van der Waals surface area contributed by atoms with E-state index in [1.165, 1.54) is 0 Å². The molecule has 2 saturated heterocycles. The third-order valence-electron chi connectivity index (χ3n) is 6.20. The van der Waals surface area contributed by atoms with Crippen LogP contribution < -0.4 is 10.2 Å². The Bertz CT molecular complexity index is 1040. The van der Waals surface area contributed by atoms with Gasteiger partial charge < -0.3 is 24.7 Å². The molecule has 0 aliphatic carbocycles. The van der Waals surface area contributed by atoms with Crippen LogP contribution in [0.5, 0.6) is 0 Å². The number of nitrogens with zero attached hydrogens (tertiary/aromatic N) is 4. The van der Waals surface area contributed by atoms with E-state index in [2.05, 4.69) is 44.2 Å². The molecule has 0 bridgehead atoms. The second-order valence-electron chi connectivity index (χ2n) is 8.39. The number of hydrogen-bond acceptors (Lipinski definition) is 7. The van der Waals surface area contributed by atoms with Gasteiger partial charge in [0.2, 0.25) is 0 Å². The Labute approximate surface area is 188 Å². The van der Waals surface area contributed by atoms with Gasteiger partial charge in [0.05, 0.1) is 30.8 Å². The molecule has 2 fully saturated rings. The van der Waals surface area contributed by atoms with Gasteiger partial charge in [0.25, 0.3) is 0 Å². The van der Waals surface area contributed by atoms with Crippen LogP contribution in [0.4, 0.5) is 5.69 Å². The normalized spacial score (nSPS) is 17.6. The number of aromatic nitrogens is 4. The average Bonchev–Trinajstić information content (AvgIpc) is 3.24. The zero-order chi connectivity index (χ0) is 21.8. The first-order valence-corrected chi connectivity index (χ1v) is 11.4. The highest BCUT2D eigenvalue weighted by atomic mass is 16.5. The number of nitrogens with one attached hydrogen (secondary N) is 2. The van der Waals surface area contributed by atoms with Crippen LogP contribution in [0.1, 0.15) is 24.2 Å². The number of H-pyrrole nitrogens is 1. The van der Waals surface area contributed by atoms with Gasteiger partial charge in [-0.25, -0.2) is 4.98 Å². The maximum atomic E-state index is 5.47. The van der Waals surface area contributed by atoms with Crippen LogP contribution in [0, 0.1) is 6.92 Å². The summed E-state index contributed by atoms with van der Waals surface area (Å²) in [7, 11) is 0. The Kier molecular flexibility index (Phi) is 6.43. The van der Waals surface area contributed by atoms with Gasteiger partial charge >= 0.3 is 0 Å². The minimum absolute atomic E-state index is 0.496. The molecule has 2 aliphatic rings. The predicted octanol–water partition coefficient (Wildman–Crippen LogP) is 2.95. The first kappa shape index (κ1) is 21.1. The Hall–Kier alpha value is -2.81. The van der Waals surface area contributed by atoms with Crippen molar-refractivity contribution in [2.75, 3.05) is 44.4 Å². The quantitative estimate of drug-likeness (QED) is 0.617. The Morgan fingerprint density at radius 1 is 1.06 bits per heavy atom. The number of anilines is 1. The number of aromatic amines is 1. The lowest BCUT2D eigenvalue weighted by Crippen LogP contribution is -2.36. The minimum Gasteiger partial charge on any atom is -0.381 e. The fourth-order valence-corrected chi connectivity index (χ4v) is 4.25. The number of rotatable bonds is 6. The minimum atomic E-state index is 0.496. The molecule has 0 atom stereocenters. The molecule has 8 nitrogen and oxygen atoms in total. The summed E-state index contributed by atoms with van der Waals surface area (Å²) in [5.41, 5.74) is 6.22. The summed E-state index contributed by atoms with van der Waals surface area (Å²) in [6.07, 6.45) is 7.77. The summed E-state index contributed by atoms with van der Waals surface area (Å²) >= 11 is 0. The maximum absolute atomic E-state index is 5.47. The predicted molar refractivity (Wildman–Crippen MR) is 123 cm³/mol. The van der Waals surface area contributed by atoms with E-state index >= 15 is 0 Å². The number of morpholine rings is 1. The SMILES string of the molecule is Cc1[nH]c(-c2cc(-c3cncc(N4CCOCC4)c3)ccn2)nc1CNC1CCOCC1. The van der Waals surface area contributed by atoms with Gasteiger partial charge in [-0.15, -0.1) is 0 Å². The maximum Gasteiger partial charge on any atom is 0.156 e. The van der Waals surface area contributed by atoms with Crippen LogP contribution in [0.25, 0.3) is 22.6 Å². The molecule has 0 unspecified atom stereocenters. The fraction of sp³-hybridized carbons (Fsp3) is 0.458. The summed E-state index contributed by atoms with van der Waals surface area (Å²) in [6.45, 7) is 7.78. The molecule has 2 N–H and O–H groups in total. The average molecular weight is 435 g/mol. The van der Waals surface area contributed by atoms with Crippen LogP contribution in [0.15, 0.2) is 36.8 Å². The topological polar surface area (TPSA) is 88.2 Å². The van der Waals surface area contributed by atoms with Gasteiger partial charge in [-0.2, -0.15) is 0 Å². The molecule has 5 heterocycles. The zero-order valence-corrected chi connectivity index (χ0v) is 18.5. The van der Waals surface area contributed by atoms with Gasteiger partial charge in [0, 0.05) is 62.5 Å². The lowest BCUT2D eigenvalue weighted by atomic mass is 10.1. The molecular formula is C24H30N6O2. The monoisotopic (exact) mass is 434 g/mol. The lowest BCUT2D eigenvalue weighted by molar-refractivity contribution is 0.0775. The number of ether oxygens (including phenoxy) is 2. The van der Waals surface area contributed by atoms with Crippen molar-refractivity contribution in [1.29, 1.82) is 0 Å². The molecule has 0 radical (unpaired) electrons. The molecule has 32 heavy (non-hydrogen) atoms. The highest BCUT2D eigenvalue weighted by molar-refractivity contribution is 5.70. The molecule has 2 aliphatic heterocycles. The summed E-state index contributed by atoms with van der Waals surface area (Å²) < 4.78 is 10.9. The molecule has 168 valence electrons. The highest BCUT2D eigenvalue weighted by Gasteiger charge is 2.16. The molecule has 0 amide bonds. The third kappa shape index (κ3) is 4.82. The Morgan fingerprint density at radius 2 is 1.88 bits per heavy atom. The van der Waals surface area contributed by atoms with Crippen molar-refractivity contribution >= 4 is 5.69 Å². The molecule has 5 rings (SSSR count). The van der Waals surface area contributed by atoms with E-state index in [9.17, 15) is 0 Å². The van der Waals surface area contributed by atoms with Crippen LogP contribution in [0.2, 0.25) is 0 Å². The fourth-order valence-electron chi connectivity index (χ4n) is 4.25. The zero-order valence-electron chi connectivity index (χ0n) is 18.5. The third-order valence-corrected chi connectivity index (χ3v) is 6.20. The van der Waals surface area contributed by atoms with Gasteiger partial charge in [0.1, 0.15) is 5.69 Å². The van der Waals surface area contributed by atoms with Gasteiger partial charge in [0.15, 0.2) is 5.82 Å². The summed E-state index contributed by atoms with van der Waals surface area (Å²) in [5, 5.41) is 3.61. The van der Waals surface area contributed by atoms with Crippen LogP contribution in [-0.4, -0.2) is 65.5 Å². The Balaban J connectivity index is 1.33. The molecule has 0 saturated carbocycles. The molecule has 3 aromatic heterocycles. The number of pyridine rings is 2. The standard InChI is InChI=1S/C24H30N6O2/c1-17-23(16-27-20-3-8-31-9-4-20)29-24(28-17)22-13-18(2-5-26-22)19-12-21(15-25-14-19)30-6-10-32-11-7-30/h2,5,12-15,20,27H,3-4,6-11,16H2,1H3,(H,28,29). The smallest absolute Gasteiger partial charge is 0.156 e. The number of aryl methyl sites for hydroxylation is 1. The Morgan fingerprint density at radius 3 is 2.72 bits per heavy atom. The molecule has 0 aromatic carbocycles. The van der Waals surface area contributed by atoms with E-state index in [4.69, 9.17) is 14.5 Å². The largest absolute Gasteiger partial charge is 0.381 e. The van der Waals surface area contributed by atoms with Crippen LogP contribution in [0.3, 0.4) is 0 Å². The second kappa shape index (κ2) is 9.77. The van der Waals surface area contributed by atoms with Crippen molar-refractivity contribution in [3.05, 3.63) is 48.2 Å². The van der Waals surface area contributed by atoms with Gasteiger partial charge in [-0.3, -0.25) is 9.97 Å². The number of imidazole rings is 1. The van der Waals surface area contributed by atoms with Crippen molar-refractivity contribution < 1.29 is 9.47 Å². The second-order valence-corrected chi connectivity index (χ2v) is 8.39. The molecule has 3 aromatic rings. The van der Waals surface area contributed by atoms with Crippen molar-refractivity contribution in [1.82, 2.24) is 25.3 Å². The van der Waals surface area contributed by atoms with E-state index in [1.807, 2.05) is 24.7 Å². The van der Waals surface area contributed by atoms with Crippen molar-refractivity contribution in [2.45, 2.75) is 32.4 Å². The summed E-state index contributed by atoms with van der Waals surface area (Å²) in [6, 6.07) is 6.78. The van der Waals surface area contributed by atoms with Gasteiger partial charge in [-0.1, -0.05) is 0 Å². The van der Waals surface area contributed by atoms with Crippen molar-refractivity contribution in [2.24, 2.45) is 0 Å². The highest BCUT2D eigenvalue weighted by Crippen LogP contribution is 2.27.